The molecule has 0 aliphatic carbocycles. The van der Waals surface area contributed by atoms with E-state index in [1.807, 2.05) is 0 Å². The first kappa shape index (κ1) is 14.0. The number of hydrogen-bond donors (Lipinski definition) is 0. The molecule has 0 aliphatic rings. The zero-order chi connectivity index (χ0) is 15.1. The molecule has 0 amide bonds. The van der Waals surface area contributed by atoms with Gasteiger partial charge in [-0.15, -0.1) is 0 Å². The van der Waals surface area contributed by atoms with Crippen molar-refractivity contribution in [3.63, 3.8) is 0 Å². The van der Waals surface area contributed by atoms with Gasteiger partial charge in [0.2, 0.25) is 0 Å². The van der Waals surface area contributed by atoms with Crippen LogP contribution in [0.4, 0.5) is 10.5 Å². The Morgan fingerprint density at radius 3 is 2.50 bits per heavy atom. The Kier molecular flexibility index (Phi) is 3.25. The second-order valence-electron chi connectivity index (χ2n) is 5.57. The maximum absolute atomic E-state index is 12.1. The van der Waals surface area contributed by atoms with Crippen molar-refractivity contribution in [2.24, 2.45) is 0 Å². The van der Waals surface area contributed by atoms with E-state index in [0.29, 0.717) is 11.1 Å². The van der Waals surface area contributed by atoms with E-state index in [2.05, 4.69) is 0 Å². The highest BCUT2D eigenvalue weighted by Crippen LogP contribution is 2.28. The minimum Gasteiger partial charge on any atom is -0.443 e. The molecule has 0 atom stereocenters. The number of aromatic nitrogens is 1. The summed E-state index contributed by atoms with van der Waals surface area (Å²) < 4.78 is 6.61. The van der Waals surface area contributed by atoms with Crippen LogP contribution in [0.5, 0.6) is 0 Å². The highest BCUT2D eigenvalue weighted by Gasteiger charge is 2.22. The molecule has 6 nitrogen and oxygen atoms in total. The maximum Gasteiger partial charge on any atom is 0.419 e. The van der Waals surface area contributed by atoms with Crippen molar-refractivity contribution < 1.29 is 14.5 Å². The Labute approximate surface area is 116 Å². The monoisotopic (exact) mass is 276 g/mol. The Bertz CT molecular complexity index is 695. The molecule has 0 fully saturated rings. The van der Waals surface area contributed by atoms with Gasteiger partial charge in [-0.3, -0.25) is 14.7 Å². The van der Waals surface area contributed by atoms with Crippen LogP contribution in [0.25, 0.3) is 10.9 Å². The molecule has 106 valence electrons. The topological polar surface area (TPSA) is 74.4 Å². The van der Waals surface area contributed by atoms with Crippen LogP contribution in [0, 0.1) is 17.0 Å². The Hall–Kier alpha value is -2.37. The molecule has 20 heavy (non-hydrogen) atoms. The molecule has 1 aromatic carbocycles. The second-order valence-corrected chi connectivity index (χ2v) is 5.57. The van der Waals surface area contributed by atoms with E-state index < -0.39 is 16.6 Å². The third-order valence-electron chi connectivity index (χ3n) is 2.86. The number of fused-ring (bicyclic) bond motifs is 1. The van der Waals surface area contributed by atoms with Gasteiger partial charge >= 0.3 is 6.09 Å². The lowest BCUT2D eigenvalue weighted by atomic mass is 10.1. The van der Waals surface area contributed by atoms with E-state index in [1.54, 1.807) is 46.0 Å². The van der Waals surface area contributed by atoms with Crippen LogP contribution in [0.3, 0.4) is 0 Å². The number of nitro benzene ring substituents is 1. The molecule has 0 radical (unpaired) electrons. The molecule has 0 unspecified atom stereocenters. The molecule has 0 saturated carbocycles. The number of hydrogen-bond acceptors (Lipinski definition) is 4. The minimum absolute atomic E-state index is 0.0130. The van der Waals surface area contributed by atoms with Crippen LogP contribution in [-0.4, -0.2) is 21.2 Å². The maximum atomic E-state index is 12.1. The molecule has 0 spiro atoms. The van der Waals surface area contributed by atoms with E-state index in [0.717, 1.165) is 5.39 Å². The molecule has 0 aliphatic heterocycles. The highest BCUT2D eigenvalue weighted by molar-refractivity contribution is 5.93. The zero-order valence-electron chi connectivity index (χ0n) is 11.8. The third kappa shape index (κ3) is 2.49. The van der Waals surface area contributed by atoms with Crippen molar-refractivity contribution in [3.8, 4) is 0 Å². The smallest absolute Gasteiger partial charge is 0.419 e. The highest BCUT2D eigenvalue weighted by atomic mass is 16.6. The summed E-state index contributed by atoms with van der Waals surface area (Å²) in [6.07, 6.45) is 1.02. The number of rotatable bonds is 1. The first-order valence-electron chi connectivity index (χ1n) is 6.19. The summed E-state index contributed by atoms with van der Waals surface area (Å²) in [5.74, 6) is 0. The van der Waals surface area contributed by atoms with Crippen molar-refractivity contribution in [1.29, 1.82) is 0 Å². The summed E-state index contributed by atoms with van der Waals surface area (Å²) in [4.78, 5) is 22.7. The van der Waals surface area contributed by atoms with Crippen LogP contribution >= 0.6 is 0 Å². The largest absolute Gasteiger partial charge is 0.443 e. The molecule has 1 heterocycles. The molecular weight excluding hydrogens is 260 g/mol. The summed E-state index contributed by atoms with van der Waals surface area (Å²) in [6.45, 7) is 6.94. The van der Waals surface area contributed by atoms with E-state index >= 15 is 0 Å². The van der Waals surface area contributed by atoms with Crippen molar-refractivity contribution in [1.82, 2.24) is 4.57 Å². The number of ether oxygens (including phenoxy) is 1. The van der Waals surface area contributed by atoms with Crippen molar-refractivity contribution in [3.05, 3.63) is 40.1 Å². The van der Waals surface area contributed by atoms with Crippen LogP contribution in [0.1, 0.15) is 26.3 Å². The molecule has 1 aromatic heterocycles. The van der Waals surface area contributed by atoms with Gasteiger partial charge < -0.3 is 4.74 Å². The van der Waals surface area contributed by atoms with Gasteiger partial charge in [-0.1, -0.05) is 0 Å². The summed E-state index contributed by atoms with van der Waals surface area (Å²) in [5, 5.41) is 11.7. The molecule has 0 bridgehead atoms. The third-order valence-corrected chi connectivity index (χ3v) is 2.86. The summed E-state index contributed by atoms with van der Waals surface area (Å²) >= 11 is 0. The van der Waals surface area contributed by atoms with E-state index in [1.165, 1.54) is 10.6 Å². The Morgan fingerprint density at radius 2 is 1.95 bits per heavy atom. The fourth-order valence-corrected chi connectivity index (χ4v) is 2.06. The van der Waals surface area contributed by atoms with Crippen molar-refractivity contribution in [2.45, 2.75) is 33.3 Å². The fourth-order valence-electron chi connectivity index (χ4n) is 2.06. The van der Waals surface area contributed by atoms with Gasteiger partial charge in [0.1, 0.15) is 5.60 Å². The lowest BCUT2D eigenvalue weighted by Crippen LogP contribution is -2.26. The van der Waals surface area contributed by atoms with Gasteiger partial charge in [-0.25, -0.2) is 4.79 Å². The Morgan fingerprint density at radius 1 is 1.30 bits per heavy atom. The predicted octanol–water partition coefficient (Wildman–Crippen LogP) is 3.64. The molecule has 2 aromatic rings. The summed E-state index contributed by atoms with van der Waals surface area (Å²) in [7, 11) is 0. The van der Waals surface area contributed by atoms with Gasteiger partial charge in [0.05, 0.1) is 16.0 Å². The first-order chi connectivity index (χ1) is 9.20. The van der Waals surface area contributed by atoms with E-state index in [9.17, 15) is 14.9 Å². The molecule has 2 rings (SSSR count). The summed E-state index contributed by atoms with van der Waals surface area (Å²) in [5.41, 5.74) is 0.320. The Balaban J connectivity index is 2.58. The number of carbonyl (C=O) groups is 1. The quantitative estimate of drug-likeness (QED) is 0.588. The van der Waals surface area contributed by atoms with Crippen LogP contribution in [-0.2, 0) is 4.74 Å². The van der Waals surface area contributed by atoms with Gasteiger partial charge in [-0.05, 0) is 39.8 Å². The van der Waals surface area contributed by atoms with Crippen molar-refractivity contribution >= 4 is 22.7 Å². The van der Waals surface area contributed by atoms with Crippen LogP contribution < -0.4 is 0 Å². The van der Waals surface area contributed by atoms with Gasteiger partial charge in [0.15, 0.2) is 0 Å². The van der Waals surface area contributed by atoms with E-state index in [-0.39, 0.29) is 5.69 Å². The summed E-state index contributed by atoms with van der Waals surface area (Å²) in [6, 6.07) is 4.80. The van der Waals surface area contributed by atoms with Crippen LogP contribution in [0.2, 0.25) is 0 Å². The zero-order valence-corrected chi connectivity index (χ0v) is 11.8. The predicted molar refractivity (Wildman–Crippen MR) is 75.0 cm³/mol. The van der Waals surface area contributed by atoms with Crippen molar-refractivity contribution in [2.75, 3.05) is 0 Å². The normalized spacial score (nSPS) is 11.6. The average molecular weight is 276 g/mol. The number of nitrogens with zero attached hydrogens (tertiary/aromatic N) is 2. The fraction of sp³-hybridized carbons (Fsp3) is 0.357. The number of benzene rings is 1. The van der Waals surface area contributed by atoms with E-state index in [4.69, 9.17) is 4.74 Å². The van der Waals surface area contributed by atoms with Gasteiger partial charge in [0.25, 0.3) is 5.69 Å². The van der Waals surface area contributed by atoms with Crippen LogP contribution in [0.15, 0.2) is 24.4 Å². The van der Waals surface area contributed by atoms with Gasteiger partial charge in [0, 0.05) is 17.6 Å². The first-order valence-corrected chi connectivity index (χ1v) is 6.19. The standard InChI is InChI=1S/C14H16N2O4/c1-9-11(16(18)19)6-5-10-7-8-15(12(9)10)13(17)20-14(2,3)4/h5-8H,1-4H3. The lowest BCUT2D eigenvalue weighted by molar-refractivity contribution is -0.385. The number of carbonyl (C=O) groups excluding carboxylic acids is 1. The average Bonchev–Trinajstić information content (AvgIpc) is 2.71. The SMILES string of the molecule is Cc1c([N+](=O)[O-])ccc2ccn(C(=O)OC(C)(C)C)c12. The number of nitro groups is 1. The minimum atomic E-state index is -0.623. The molecular formula is C14H16N2O4. The molecule has 0 N–H and O–H groups in total. The lowest BCUT2D eigenvalue weighted by Gasteiger charge is -2.20. The second kappa shape index (κ2) is 4.63. The molecule has 6 heteroatoms. The molecule has 0 saturated heterocycles. The number of aryl methyl sites for hydroxylation is 1. The van der Waals surface area contributed by atoms with Gasteiger partial charge in [-0.2, -0.15) is 0 Å².